The molecule has 4 heteroatoms. The van der Waals surface area contributed by atoms with Gasteiger partial charge < -0.3 is 10.0 Å². The van der Waals surface area contributed by atoms with Crippen LogP contribution in [-0.4, -0.2) is 29.6 Å². The highest BCUT2D eigenvalue weighted by Gasteiger charge is 2.16. The quantitative estimate of drug-likeness (QED) is 0.911. The monoisotopic (exact) mass is 273 g/mol. The van der Waals surface area contributed by atoms with Crippen LogP contribution in [0.25, 0.3) is 0 Å². The number of aliphatic hydroxyl groups excluding tert-OH is 1. The van der Waals surface area contributed by atoms with Crippen molar-refractivity contribution < 1.29 is 5.11 Å². The zero-order chi connectivity index (χ0) is 12.3. The molecule has 1 atom stereocenters. The van der Waals surface area contributed by atoms with Gasteiger partial charge in [0, 0.05) is 6.54 Å². The van der Waals surface area contributed by atoms with Crippen LogP contribution in [0, 0.1) is 0 Å². The van der Waals surface area contributed by atoms with Crippen molar-refractivity contribution in [1.82, 2.24) is 4.90 Å². The average molecular weight is 274 g/mol. The number of hydrogen-bond donors (Lipinski definition) is 1. The first-order valence-corrected chi connectivity index (χ1v) is 6.78. The molecule has 1 fully saturated rings. The van der Waals surface area contributed by atoms with Crippen molar-refractivity contribution in [2.45, 2.75) is 25.4 Å². The minimum Gasteiger partial charge on any atom is -0.387 e. The summed E-state index contributed by atoms with van der Waals surface area (Å²) in [6.07, 6.45) is 3.28. The van der Waals surface area contributed by atoms with Gasteiger partial charge in [0.15, 0.2) is 0 Å². The summed E-state index contributed by atoms with van der Waals surface area (Å²) in [7, 11) is 0. The molecule has 1 unspecified atom stereocenters. The lowest BCUT2D eigenvalue weighted by atomic mass is 10.1. The second-order valence-corrected chi connectivity index (χ2v) is 5.37. The van der Waals surface area contributed by atoms with Gasteiger partial charge in [0.25, 0.3) is 0 Å². The van der Waals surface area contributed by atoms with E-state index >= 15 is 0 Å². The van der Waals surface area contributed by atoms with Crippen molar-refractivity contribution in [3.05, 3.63) is 33.8 Å². The molecule has 1 aromatic rings. The maximum atomic E-state index is 10.1. The summed E-state index contributed by atoms with van der Waals surface area (Å²) in [6, 6.07) is 5.32. The molecule has 0 saturated carbocycles. The van der Waals surface area contributed by atoms with E-state index in [2.05, 4.69) is 4.90 Å². The Bertz CT molecular complexity index is 378. The molecule has 0 radical (unpaired) electrons. The normalized spacial score (nSPS) is 19.2. The standard InChI is InChI=1S/C13H17Cl2NO/c14-11-5-4-10(8-12(11)15)13(17)9-16-6-2-1-3-7-16/h4-5,8,13,17H,1-3,6-7,9H2. The summed E-state index contributed by atoms with van der Waals surface area (Å²) in [6.45, 7) is 2.84. The Labute approximate surface area is 112 Å². The minimum absolute atomic E-state index is 0.483. The molecule has 1 N–H and O–H groups in total. The molecule has 0 aliphatic carbocycles. The Morgan fingerprint density at radius 2 is 1.82 bits per heavy atom. The molecule has 2 rings (SSSR count). The summed E-state index contributed by atoms with van der Waals surface area (Å²) in [5.41, 5.74) is 0.838. The van der Waals surface area contributed by atoms with Crippen LogP contribution in [0.4, 0.5) is 0 Å². The van der Waals surface area contributed by atoms with Crippen molar-refractivity contribution in [2.24, 2.45) is 0 Å². The molecule has 17 heavy (non-hydrogen) atoms. The molecular formula is C13H17Cl2NO. The van der Waals surface area contributed by atoms with Gasteiger partial charge in [0.2, 0.25) is 0 Å². The van der Waals surface area contributed by atoms with E-state index in [1.807, 2.05) is 6.07 Å². The molecule has 1 saturated heterocycles. The highest BCUT2D eigenvalue weighted by Crippen LogP contribution is 2.26. The predicted octanol–water partition coefficient (Wildman–Crippen LogP) is 3.51. The Kier molecular flexibility index (Phi) is 4.69. The van der Waals surface area contributed by atoms with Gasteiger partial charge in [-0.25, -0.2) is 0 Å². The van der Waals surface area contributed by atoms with Crippen LogP contribution >= 0.6 is 23.2 Å². The number of nitrogens with zero attached hydrogens (tertiary/aromatic N) is 1. The highest BCUT2D eigenvalue weighted by molar-refractivity contribution is 6.42. The van der Waals surface area contributed by atoms with E-state index in [4.69, 9.17) is 23.2 Å². The van der Waals surface area contributed by atoms with Crippen LogP contribution < -0.4 is 0 Å². The molecule has 0 amide bonds. The lowest BCUT2D eigenvalue weighted by molar-refractivity contribution is 0.101. The van der Waals surface area contributed by atoms with Crippen molar-refractivity contribution in [2.75, 3.05) is 19.6 Å². The van der Waals surface area contributed by atoms with Gasteiger partial charge in [-0.1, -0.05) is 35.7 Å². The number of hydrogen-bond acceptors (Lipinski definition) is 2. The SMILES string of the molecule is OC(CN1CCCCC1)c1ccc(Cl)c(Cl)c1. The Morgan fingerprint density at radius 1 is 1.12 bits per heavy atom. The fourth-order valence-corrected chi connectivity index (χ4v) is 2.52. The lowest BCUT2D eigenvalue weighted by Crippen LogP contribution is -2.33. The van der Waals surface area contributed by atoms with E-state index in [1.165, 1.54) is 19.3 Å². The number of likely N-dealkylation sites (tertiary alicyclic amines) is 1. The van der Waals surface area contributed by atoms with Crippen molar-refractivity contribution in [1.29, 1.82) is 0 Å². The number of halogens is 2. The molecule has 0 spiro atoms. The van der Waals surface area contributed by atoms with Gasteiger partial charge in [0.1, 0.15) is 0 Å². The number of rotatable bonds is 3. The Morgan fingerprint density at radius 3 is 2.47 bits per heavy atom. The second kappa shape index (κ2) is 6.05. The van der Waals surface area contributed by atoms with Crippen LogP contribution in [0.1, 0.15) is 30.9 Å². The Balaban J connectivity index is 1.98. The topological polar surface area (TPSA) is 23.5 Å². The number of benzene rings is 1. The van der Waals surface area contributed by atoms with Crippen molar-refractivity contribution >= 4 is 23.2 Å². The first-order chi connectivity index (χ1) is 8.16. The van der Waals surface area contributed by atoms with Crippen LogP contribution in [0.5, 0.6) is 0 Å². The molecule has 1 aliphatic rings. The van der Waals surface area contributed by atoms with Crippen molar-refractivity contribution in [3.63, 3.8) is 0 Å². The highest BCUT2D eigenvalue weighted by atomic mass is 35.5. The second-order valence-electron chi connectivity index (χ2n) is 4.55. The van der Waals surface area contributed by atoms with E-state index in [-0.39, 0.29) is 0 Å². The summed E-state index contributed by atoms with van der Waals surface area (Å²) >= 11 is 11.8. The van der Waals surface area contributed by atoms with Gasteiger partial charge in [-0.05, 0) is 43.6 Å². The summed E-state index contributed by atoms with van der Waals surface area (Å²) < 4.78 is 0. The first-order valence-electron chi connectivity index (χ1n) is 6.02. The molecular weight excluding hydrogens is 257 g/mol. The zero-order valence-corrected chi connectivity index (χ0v) is 11.2. The third-order valence-electron chi connectivity index (χ3n) is 3.21. The maximum Gasteiger partial charge on any atom is 0.0917 e. The molecule has 1 heterocycles. The molecule has 0 aromatic heterocycles. The molecule has 1 aromatic carbocycles. The van der Waals surface area contributed by atoms with E-state index in [0.717, 1.165) is 18.7 Å². The van der Waals surface area contributed by atoms with Gasteiger partial charge in [-0.15, -0.1) is 0 Å². The molecule has 94 valence electrons. The smallest absolute Gasteiger partial charge is 0.0917 e. The van der Waals surface area contributed by atoms with Crippen LogP contribution in [-0.2, 0) is 0 Å². The number of aliphatic hydroxyl groups is 1. The largest absolute Gasteiger partial charge is 0.387 e. The third-order valence-corrected chi connectivity index (χ3v) is 3.95. The molecule has 0 bridgehead atoms. The summed E-state index contributed by atoms with van der Waals surface area (Å²) in [4.78, 5) is 2.30. The van der Waals surface area contributed by atoms with E-state index in [0.29, 0.717) is 16.6 Å². The number of piperidine rings is 1. The van der Waals surface area contributed by atoms with Crippen LogP contribution in [0.2, 0.25) is 10.0 Å². The predicted molar refractivity (Wildman–Crippen MR) is 71.7 cm³/mol. The average Bonchev–Trinajstić information content (AvgIpc) is 2.34. The fourth-order valence-electron chi connectivity index (χ4n) is 2.21. The summed E-state index contributed by atoms with van der Waals surface area (Å²) in [5, 5.41) is 11.2. The van der Waals surface area contributed by atoms with Gasteiger partial charge >= 0.3 is 0 Å². The number of β-amino-alcohol motifs (C(OH)–C–C–N with tert-alkyl or cyclic N) is 1. The van der Waals surface area contributed by atoms with E-state index in [9.17, 15) is 5.11 Å². The van der Waals surface area contributed by atoms with E-state index in [1.54, 1.807) is 12.1 Å². The third kappa shape index (κ3) is 3.59. The van der Waals surface area contributed by atoms with Gasteiger partial charge in [-0.2, -0.15) is 0 Å². The van der Waals surface area contributed by atoms with E-state index < -0.39 is 6.10 Å². The Hall–Kier alpha value is -0.280. The minimum atomic E-state index is -0.483. The lowest BCUT2D eigenvalue weighted by Gasteiger charge is -2.28. The van der Waals surface area contributed by atoms with Gasteiger partial charge in [0.05, 0.1) is 16.1 Å². The van der Waals surface area contributed by atoms with Crippen LogP contribution in [0.3, 0.4) is 0 Å². The van der Waals surface area contributed by atoms with Crippen LogP contribution in [0.15, 0.2) is 18.2 Å². The molecule has 1 aliphatic heterocycles. The first kappa shape index (κ1) is 13.2. The van der Waals surface area contributed by atoms with Crippen molar-refractivity contribution in [3.8, 4) is 0 Å². The fraction of sp³-hybridized carbons (Fsp3) is 0.538. The zero-order valence-electron chi connectivity index (χ0n) is 9.70. The summed E-state index contributed by atoms with van der Waals surface area (Å²) in [5.74, 6) is 0. The maximum absolute atomic E-state index is 10.1. The molecule has 2 nitrogen and oxygen atoms in total. The van der Waals surface area contributed by atoms with Gasteiger partial charge in [-0.3, -0.25) is 0 Å².